The molecule has 6 heteroatoms. The number of nitrogens with zero attached hydrogens (tertiary/aromatic N) is 1. The number of carboxylic acids is 1. The third-order valence-electron chi connectivity index (χ3n) is 1.25. The Morgan fingerprint density at radius 3 is 2.92 bits per heavy atom. The van der Waals surface area contributed by atoms with E-state index in [4.69, 9.17) is 5.11 Å². The predicted molar refractivity (Wildman–Crippen MR) is 42.0 cm³/mol. The number of furan rings is 1. The van der Waals surface area contributed by atoms with Crippen LogP contribution in [-0.4, -0.2) is 16.0 Å². The monoisotopic (exact) mass is 183 g/mol. The van der Waals surface area contributed by atoms with Crippen LogP contribution < -0.4 is 0 Å². The molecule has 1 aromatic rings. The van der Waals surface area contributed by atoms with Crippen molar-refractivity contribution < 1.29 is 19.2 Å². The van der Waals surface area contributed by atoms with E-state index in [-0.39, 0.29) is 11.4 Å². The highest BCUT2D eigenvalue weighted by molar-refractivity contribution is 5.85. The maximum Gasteiger partial charge on any atom is 0.328 e. The summed E-state index contributed by atoms with van der Waals surface area (Å²) in [5, 5.41) is 18.5. The van der Waals surface area contributed by atoms with Gasteiger partial charge in [-0.05, 0) is 6.08 Å². The van der Waals surface area contributed by atoms with Crippen LogP contribution in [0.3, 0.4) is 0 Å². The standard InChI is InChI=1S/C7H5NO5/c9-7(10)2-1-6-5(8(11)12)3-4-13-6/h1-4H,(H,9,10). The highest BCUT2D eigenvalue weighted by atomic mass is 16.6. The van der Waals surface area contributed by atoms with Gasteiger partial charge < -0.3 is 9.52 Å². The molecule has 1 aromatic heterocycles. The van der Waals surface area contributed by atoms with Gasteiger partial charge in [-0.3, -0.25) is 10.1 Å². The third kappa shape index (κ3) is 2.16. The van der Waals surface area contributed by atoms with Crippen LogP contribution in [0, 0.1) is 10.1 Å². The summed E-state index contributed by atoms with van der Waals surface area (Å²) in [7, 11) is 0. The Morgan fingerprint density at radius 1 is 1.69 bits per heavy atom. The van der Waals surface area contributed by atoms with Crippen molar-refractivity contribution in [3.63, 3.8) is 0 Å². The van der Waals surface area contributed by atoms with E-state index in [1.165, 1.54) is 0 Å². The van der Waals surface area contributed by atoms with Gasteiger partial charge in [-0.15, -0.1) is 0 Å². The number of nitro groups is 1. The summed E-state index contributed by atoms with van der Waals surface area (Å²) in [4.78, 5) is 19.7. The lowest BCUT2D eigenvalue weighted by atomic mass is 10.3. The maximum absolute atomic E-state index is 10.3. The Balaban J connectivity index is 2.95. The van der Waals surface area contributed by atoms with Crippen LogP contribution in [0.25, 0.3) is 6.08 Å². The summed E-state index contributed by atoms with van der Waals surface area (Å²) in [6.45, 7) is 0. The largest absolute Gasteiger partial charge is 0.478 e. The molecule has 1 rings (SSSR count). The second-order valence-corrected chi connectivity index (χ2v) is 2.10. The average Bonchev–Trinajstić information content (AvgIpc) is 2.47. The molecule has 0 amide bonds. The SMILES string of the molecule is O=C(O)C=Cc1occc1[N+](=O)[O-]. The van der Waals surface area contributed by atoms with Gasteiger partial charge in [0.25, 0.3) is 0 Å². The van der Waals surface area contributed by atoms with E-state index in [0.717, 1.165) is 24.5 Å². The van der Waals surface area contributed by atoms with Gasteiger partial charge in [-0.1, -0.05) is 0 Å². The molecule has 0 saturated heterocycles. The number of aliphatic carboxylic acids is 1. The minimum Gasteiger partial charge on any atom is -0.478 e. The number of hydrogen-bond donors (Lipinski definition) is 1. The van der Waals surface area contributed by atoms with E-state index in [1.54, 1.807) is 0 Å². The summed E-state index contributed by atoms with van der Waals surface area (Å²) in [5.74, 6) is -1.27. The molecular formula is C7H5NO5. The van der Waals surface area contributed by atoms with E-state index in [1.807, 2.05) is 0 Å². The predicted octanol–water partition coefficient (Wildman–Crippen LogP) is 1.29. The highest BCUT2D eigenvalue weighted by Crippen LogP contribution is 2.20. The summed E-state index contributed by atoms with van der Waals surface area (Å²) >= 11 is 0. The lowest BCUT2D eigenvalue weighted by Gasteiger charge is -1.85. The van der Waals surface area contributed by atoms with E-state index >= 15 is 0 Å². The Kier molecular flexibility index (Phi) is 2.44. The first kappa shape index (κ1) is 8.98. The molecule has 68 valence electrons. The van der Waals surface area contributed by atoms with Crippen LogP contribution in [-0.2, 0) is 4.79 Å². The molecule has 0 atom stereocenters. The molecule has 13 heavy (non-hydrogen) atoms. The third-order valence-corrected chi connectivity index (χ3v) is 1.25. The zero-order valence-corrected chi connectivity index (χ0v) is 6.34. The van der Waals surface area contributed by atoms with Crippen molar-refractivity contribution in [3.05, 3.63) is 34.3 Å². The second kappa shape index (κ2) is 3.53. The first-order valence-electron chi connectivity index (χ1n) is 3.24. The fourth-order valence-corrected chi connectivity index (χ4v) is 0.737. The number of rotatable bonds is 3. The van der Waals surface area contributed by atoms with Gasteiger partial charge in [0.05, 0.1) is 17.3 Å². The van der Waals surface area contributed by atoms with Crippen LogP contribution in [0.1, 0.15) is 5.76 Å². The molecule has 0 aliphatic rings. The number of carbonyl (C=O) groups is 1. The summed E-state index contributed by atoms with van der Waals surface area (Å²) in [5.41, 5.74) is -0.252. The zero-order chi connectivity index (χ0) is 9.84. The zero-order valence-electron chi connectivity index (χ0n) is 6.34. The van der Waals surface area contributed by atoms with Crippen LogP contribution in [0.2, 0.25) is 0 Å². The van der Waals surface area contributed by atoms with Gasteiger partial charge in [0, 0.05) is 6.08 Å². The van der Waals surface area contributed by atoms with Crippen LogP contribution >= 0.6 is 0 Å². The Labute approximate surface area is 72.2 Å². The lowest BCUT2D eigenvalue weighted by molar-refractivity contribution is -0.385. The van der Waals surface area contributed by atoms with Crippen molar-refractivity contribution in [2.75, 3.05) is 0 Å². The van der Waals surface area contributed by atoms with Crippen molar-refractivity contribution in [2.24, 2.45) is 0 Å². The Hall–Kier alpha value is -2.11. The molecule has 0 aliphatic carbocycles. The maximum atomic E-state index is 10.3. The molecule has 0 radical (unpaired) electrons. The van der Waals surface area contributed by atoms with E-state index in [0.29, 0.717) is 0 Å². The van der Waals surface area contributed by atoms with Gasteiger partial charge >= 0.3 is 11.7 Å². The highest BCUT2D eigenvalue weighted by Gasteiger charge is 2.14. The molecule has 1 N–H and O–H groups in total. The van der Waals surface area contributed by atoms with Crippen molar-refractivity contribution in [1.29, 1.82) is 0 Å². The van der Waals surface area contributed by atoms with Crippen LogP contribution in [0.4, 0.5) is 5.69 Å². The van der Waals surface area contributed by atoms with Crippen molar-refractivity contribution in [2.45, 2.75) is 0 Å². The Bertz CT molecular complexity index is 365. The minimum atomic E-state index is -1.19. The number of carboxylic acid groups (broad SMARTS) is 1. The van der Waals surface area contributed by atoms with E-state index < -0.39 is 10.9 Å². The topological polar surface area (TPSA) is 93.6 Å². The van der Waals surface area contributed by atoms with Gasteiger partial charge in [0.1, 0.15) is 0 Å². The van der Waals surface area contributed by atoms with Crippen molar-refractivity contribution in [1.82, 2.24) is 0 Å². The lowest BCUT2D eigenvalue weighted by Crippen LogP contribution is -1.88. The molecule has 0 unspecified atom stereocenters. The molecule has 1 heterocycles. The van der Waals surface area contributed by atoms with E-state index in [9.17, 15) is 14.9 Å². The molecule has 0 bridgehead atoms. The summed E-state index contributed by atoms with van der Waals surface area (Å²) < 4.78 is 4.68. The first-order valence-corrected chi connectivity index (χ1v) is 3.24. The molecule has 0 spiro atoms. The molecule has 0 fully saturated rings. The first-order chi connectivity index (χ1) is 6.11. The van der Waals surface area contributed by atoms with Gasteiger partial charge in [0.2, 0.25) is 5.76 Å². The van der Waals surface area contributed by atoms with Crippen molar-refractivity contribution in [3.8, 4) is 0 Å². The van der Waals surface area contributed by atoms with Gasteiger partial charge in [0.15, 0.2) is 0 Å². The average molecular weight is 183 g/mol. The summed E-state index contributed by atoms with van der Waals surface area (Å²) in [6.07, 6.45) is 2.92. The minimum absolute atomic E-state index is 0.0765. The Morgan fingerprint density at radius 2 is 2.38 bits per heavy atom. The smallest absolute Gasteiger partial charge is 0.328 e. The molecule has 0 aromatic carbocycles. The van der Waals surface area contributed by atoms with E-state index in [2.05, 4.69) is 4.42 Å². The van der Waals surface area contributed by atoms with Crippen molar-refractivity contribution >= 4 is 17.7 Å². The normalized spacial score (nSPS) is 10.5. The molecule has 0 aliphatic heterocycles. The molecule has 0 saturated carbocycles. The number of hydrogen-bond acceptors (Lipinski definition) is 4. The van der Waals surface area contributed by atoms with Gasteiger partial charge in [-0.25, -0.2) is 4.79 Å². The van der Waals surface area contributed by atoms with Crippen LogP contribution in [0.5, 0.6) is 0 Å². The molecule has 6 nitrogen and oxygen atoms in total. The fraction of sp³-hybridized carbons (Fsp3) is 0. The molecular weight excluding hydrogens is 178 g/mol. The van der Waals surface area contributed by atoms with Gasteiger partial charge in [-0.2, -0.15) is 0 Å². The second-order valence-electron chi connectivity index (χ2n) is 2.10. The van der Waals surface area contributed by atoms with Crippen LogP contribution in [0.15, 0.2) is 22.8 Å². The fourth-order valence-electron chi connectivity index (χ4n) is 0.737. The quantitative estimate of drug-likeness (QED) is 0.432. The summed E-state index contributed by atoms with van der Waals surface area (Å²) in [6, 6.07) is 1.15.